The molecule has 0 heterocycles. The lowest BCUT2D eigenvalue weighted by atomic mass is 9.85. The number of hydrogen-bond acceptors (Lipinski definition) is 14. The van der Waals surface area contributed by atoms with E-state index in [1.807, 2.05) is 92.1 Å². The van der Waals surface area contributed by atoms with Gasteiger partial charge in [-0.25, -0.2) is 16.8 Å². The molecule has 96 heavy (non-hydrogen) atoms. The van der Waals surface area contributed by atoms with Crippen LogP contribution in [-0.2, 0) is 61.6 Å². The summed E-state index contributed by atoms with van der Waals surface area (Å²) in [6.07, 6.45) is 15.9. The molecule has 3 N–H and O–H groups in total. The minimum Gasteiger partial charge on any atom is -0.389 e. The number of hydrogen-bond donors (Lipinski definition) is 3. The van der Waals surface area contributed by atoms with E-state index in [-0.39, 0.29) is 44.3 Å². The normalized spacial score (nSPS) is 16.4. The van der Waals surface area contributed by atoms with Crippen molar-refractivity contribution in [3.63, 3.8) is 0 Å². The van der Waals surface area contributed by atoms with E-state index in [9.17, 15) is 49.0 Å². The predicted octanol–water partition coefficient (Wildman–Crippen LogP) is 19.2. The second-order valence-electron chi connectivity index (χ2n) is 35.8. The van der Waals surface area contributed by atoms with Gasteiger partial charge in [-0.3, -0.25) is 16.8 Å². The first kappa shape index (κ1) is 116. The average molecular weight is 1550 g/mol. The molecule has 10 atom stereocenters. The van der Waals surface area contributed by atoms with Gasteiger partial charge in [0.15, 0.2) is 19.7 Å². The van der Waals surface area contributed by atoms with Crippen LogP contribution in [-0.4, -0.2) is 175 Å². The Morgan fingerprint density at radius 2 is 0.604 bits per heavy atom. The third-order valence-corrected chi connectivity index (χ3v) is 32.7. The van der Waals surface area contributed by atoms with E-state index in [0.717, 1.165) is 34.5 Å². The fraction of sp³-hybridized carbons (Fsp3) is 0.987. The van der Waals surface area contributed by atoms with Gasteiger partial charge < -0.3 is 15.3 Å². The second-order valence-corrected chi connectivity index (χ2v) is 50.4. The lowest BCUT2D eigenvalue weighted by Crippen LogP contribution is -2.45. The Balaban J connectivity index is -0.000000127. The van der Waals surface area contributed by atoms with Crippen LogP contribution in [0.5, 0.6) is 0 Å². The van der Waals surface area contributed by atoms with Crippen LogP contribution in [0.1, 0.15) is 270 Å². The van der Waals surface area contributed by atoms with E-state index in [1.165, 1.54) is 20.1 Å². The van der Waals surface area contributed by atoms with Crippen molar-refractivity contribution in [1.82, 2.24) is 0 Å². The Morgan fingerprint density at radius 1 is 0.323 bits per heavy atom. The van der Waals surface area contributed by atoms with Gasteiger partial charge in [0, 0.05) is 101 Å². The lowest BCUT2D eigenvalue weighted by molar-refractivity contribution is 0.0616. The summed E-state index contributed by atoms with van der Waals surface area (Å²) in [5, 5.41) is 30.7. The smallest absolute Gasteiger partial charge is 0.153 e. The van der Waals surface area contributed by atoms with Crippen molar-refractivity contribution in [3.05, 3.63) is 0 Å². The highest BCUT2D eigenvalue weighted by Crippen LogP contribution is 2.35. The van der Waals surface area contributed by atoms with Crippen LogP contribution in [0, 0.1) is 87.3 Å². The molecule has 0 aromatic rings. The Kier molecular flexibility index (Phi) is 62.1. The summed E-state index contributed by atoms with van der Waals surface area (Å²) >= 11 is 5.71. The molecule has 0 aromatic heterocycles. The summed E-state index contributed by atoms with van der Waals surface area (Å²) in [6.45, 7) is 80.2. The fourth-order valence-corrected chi connectivity index (χ4v) is 30.2. The van der Waals surface area contributed by atoms with Crippen LogP contribution in [0.4, 0.5) is 0 Å². The van der Waals surface area contributed by atoms with Crippen LogP contribution in [0.3, 0.4) is 0 Å². The van der Waals surface area contributed by atoms with E-state index in [1.54, 1.807) is 64.5 Å². The van der Waals surface area contributed by atoms with Gasteiger partial charge in [-0.2, -0.15) is 35.3 Å². The van der Waals surface area contributed by atoms with Crippen LogP contribution in [0.25, 0.3) is 0 Å². The molecule has 0 saturated heterocycles. The summed E-state index contributed by atoms with van der Waals surface area (Å²) in [7, 11) is -10.3. The Bertz CT molecular complexity index is 2210. The van der Waals surface area contributed by atoms with Crippen LogP contribution < -0.4 is 0 Å². The molecule has 0 amide bonds. The van der Waals surface area contributed by atoms with Gasteiger partial charge in [0.1, 0.15) is 0 Å². The largest absolute Gasteiger partial charge is 0.389 e. The SMILES string of the molecule is C=S(C)(=O)C(C(C)C)C(C)C.CC(C)C(C(C)C)S(C)=O.CC(C)[C@@H](C(C)(C)C)S(C)(=O)=O.CC(C)[C@@H](C(C)(C)O)S(C)(=O)=O.CC(C)[C@H](S(C)=O)C(C)(C)C.CC(C)[C@H](S(C)=O)C(C)(C)O.CSC(C(C)C)C(C)C.CS[C@@H](C(C)C)C(C)(C)C.CS[C@@H](C(C)C)C(C)(C)O. The average Bonchev–Trinajstić information content (AvgIpc) is 3.22. The van der Waals surface area contributed by atoms with E-state index in [4.69, 9.17) is 0 Å². The van der Waals surface area contributed by atoms with Gasteiger partial charge in [-0.1, -0.05) is 228 Å². The van der Waals surface area contributed by atoms with Crippen molar-refractivity contribution in [2.24, 2.45) is 87.3 Å². The lowest BCUT2D eigenvalue weighted by Gasteiger charge is -2.32. The summed E-state index contributed by atoms with van der Waals surface area (Å²) in [6, 6.07) is 0. The van der Waals surface area contributed by atoms with E-state index in [2.05, 4.69) is 185 Å². The second kappa shape index (κ2) is 51.5. The van der Waals surface area contributed by atoms with Gasteiger partial charge in [-0.15, -0.1) is 0 Å². The van der Waals surface area contributed by atoms with Gasteiger partial charge in [0.25, 0.3) is 0 Å². The zero-order valence-electron chi connectivity index (χ0n) is 72.1. The molecule has 11 nitrogen and oxygen atoms in total. The van der Waals surface area contributed by atoms with Gasteiger partial charge in [0.05, 0.1) is 32.6 Å². The zero-order valence-corrected chi connectivity index (χ0v) is 79.5. The first-order valence-corrected chi connectivity index (χ1v) is 50.0. The molecule has 594 valence electrons. The molecule has 0 rings (SSSR count). The maximum atomic E-state index is 11.7. The Labute approximate surface area is 624 Å². The first-order chi connectivity index (χ1) is 41.8. The van der Waals surface area contributed by atoms with Gasteiger partial charge in [-0.05, 0) is 163 Å². The Morgan fingerprint density at radius 3 is 0.604 bits per heavy atom. The number of aliphatic hydroxyl groups is 3. The fourth-order valence-electron chi connectivity index (χ4n) is 15.2. The molecular formula is C76H170O11S9. The van der Waals surface area contributed by atoms with E-state index >= 15 is 0 Å². The molecule has 0 fully saturated rings. The monoisotopic (exact) mass is 1550 g/mol. The predicted molar refractivity (Wildman–Crippen MR) is 453 cm³/mol. The van der Waals surface area contributed by atoms with Crippen LogP contribution in [0.15, 0.2) is 0 Å². The van der Waals surface area contributed by atoms with Crippen molar-refractivity contribution in [2.75, 3.05) is 56.3 Å². The molecule has 0 radical (unpaired) electrons. The van der Waals surface area contributed by atoms with Crippen molar-refractivity contribution >= 4 is 103 Å². The maximum Gasteiger partial charge on any atom is 0.153 e. The molecule has 0 aromatic carbocycles. The van der Waals surface area contributed by atoms with Crippen molar-refractivity contribution in [1.29, 1.82) is 0 Å². The Hall–Kier alpha value is 1.30. The minimum absolute atomic E-state index is 0.0694. The number of thioether (sulfide) groups is 3. The molecule has 20 heteroatoms. The van der Waals surface area contributed by atoms with Crippen molar-refractivity contribution in [3.8, 4) is 0 Å². The highest BCUT2D eigenvalue weighted by molar-refractivity contribution is 8.00. The summed E-state index contributed by atoms with van der Waals surface area (Å²) in [5.74, 6) is 9.56. The topological polar surface area (TPSA) is 197 Å². The number of sulfone groups is 2. The van der Waals surface area contributed by atoms with Gasteiger partial charge in [0.2, 0.25) is 0 Å². The molecule has 0 spiro atoms. The number of rotatable bonds is 24. The third-order valence-electron chi connectivity index (χ3n) is 15.6. The highest BCUT2D eigenvalue weighted by Gasteiger charge is 2.39. The molecule has 0 bridgehead atoms. The molecular weight excluding hydrogens is 1380 g/mol. The van der Waals surface area contributed by atoms with Crippen molar-refractivity contribution < 1.29 is 49.0 Å². The minimum atomic E-state index is -3.17. The molecule has 0 aliphatic heterocycles. The van der Waals surface area contributed by atoms with E-state index < -0.39 is 83.6 Å². The first-order valence-electron chi connectivity index (χ1n) is 35.2. The molecule has 0 aliphatic carbocycles. The van der Waals surface area contributed by atoms with Crippen LogP contribution >= 0.6 is 35.3 Å². The summed E-state index contributed by atoms with van der Waals surface area (Å²) in [5.41, 5.74) is -2.10. The standard InChI is InChI=1S/C9H20O2S.2C9H20OS.C9H20S.C8H18O3S.C8H18O2S.2C8H18OS.C8H18S/c1-7(2)8(9(3,4)5)12(6,10)11;1-7(2)8(11(6)10)9(3,4)5;1-7(2)9(8(3)4)11(5,6)10;1-7(2)8(10-6)9(3,4)5;1-6(2)7(8(3,4)9)12(5,10)11;1-6(2)7(11(5)10)8(3,4)9;1-6(2)7(10-5)8(3,4)9;1-6(2)8(7(3)4)10(5)9;1-6(2)8(9-5)7(3)4/h7-8H,1-6H3;7-8H,1-6H3;7-9H,5H2,1-4,6H3;7-8H,1-6H3;6-7,9H,1-5H3;6-7,9H,1-5H3;6-7,9H,1-5H3;6-8H,1-5H3;6-8H,1-5H3/t8-;8-,11?;;8-;7-;7-,11?;7-;;/m00.0000../s1. The summed E-state index contributed by atoms with van der Waals surface area (Å²) in [4.78, 5) is 0. The quantitative estimate of drug-likeness (QED) is 0.0772. The van der Waals surface area contributed by atoms with Crippen LogP contribution in [0.2, 0.25) is 0 Å². The van der Waals surface area contributed by atoms with Crippen molar-refractivity contribution in [2.45, 2.75) is 334 Å². The molecule has 0 saturated carbocycles. The summed E-state index contributed by atoms with van der Waals surface area (Å²) < 4.78 is 90.7. The molecule has 0 aliphatic rings. The third kappa shape index (κ3) is 57.6. The van der Waals surface area contributed by atoms with Gasteiger partial charge >= 0.3 is 0 Å². The maximum absolute atomic E-state index is 11.7. The van der Waals surface area contributed by atoms with E-state index in [0.29, 0.717) is 56.7 Å². The highest BCUT2D eigenvalue weighted by atomic mass is 32.2. The zero-order chi connectivity index (χ0) is 80.5. The molecule has 4 unspecified atom stereocenters.